The molecule has 0 unspecified atom stereocenters. The summed E-state index contributed by atoms with van der Waals surface area (Å²) in [7, 11) is 0. The van der Waals surface area contributed by atoms with E-state index in [0.29, 0.717) is 25.0 Å². The van der Waals surface area contributed by atoms with Crippen molar-refractivity contribution in [2.45, 2.75) is 58.8 Å². The molecule has 0 spiro atoms. The van der Waals surface area contributed by atoms with E-state index in [9.17, 15) is 9.59 Å². The van der Waals surface area contributed by atoms with Crippen molar-refractivity contribution in [1.29, 1.82) is 0 Å². The predicted molar refractivity (Wildman–Crippen MR) is 75.8 cm³/mol. The van der Waals surface area contributed by atoms with E-state index in [1.807, 2.05) is 0 Å². The van der Waals surface area contributed by atoms with Gasteiger partial charge in [-0.25, -0.2) is 4.79 Å². The third-order valence-electron chi connectivity index (χ3n) is 3.50. The molecule has 0 aromatic carbocycles. The largest absolute Gasteiger partial charge is 0.462 e. The highest BCUT2D eigenvalue weighted by Gasteiger charge is 2.19. The molecule has 0 aromatic heterocycles. The van der Waals surface area contributed by atoms with E-state index in [1.54, 1.807) is 13.8 Å². The predicted octanol–water partition coefficient (Wildman–Crippen LogP) is 3.74. The van der Waals surface area contributed by atoms with E-state index in [-0.39, 0.29) is 11.8 Å². The van der Waals surface area contributed by atoms with E-state index >= 15 is 0 Å². The Bertz CT molecular complexity index is 383. The smallest absolute Gasteiger partial charge is 0.337 e. The van der Waals surface area contributed by atoms with E-state index < -0.39 is 0 Å². The van der Waals surface area contributed by atoms with Crippen molar-refractivity contribution in [1.82, 2.24) is 0 Å². The molecule has 0 aromatic rings. The van der Waals surface area contributed by atoms with Crippen molar-refractivity contribution >= 4 is 11.8 Å². The number of esters is 1. The van der Waals surface area contributed by atoms with Gasteiger partial charge in [0.1, 0.15) is 5.78 Å². The zero-order valence-corrected chi connectivity index (χ0v) is 12.1. The molecule has 0 saturated heterocycles. The number of ether oxygens (including phenoxy) is 1. The van der Waals surface area contributed by atoms with Gasteiger partial charge in [0.25, 0.3) is 0 Å². The van der Waals surface area contributed by atoms with Crippen LogP contribution in [0.25, 0.3) is 0 Å². The number of allylic oxidation sites excluding steroid dienone is 1. The van der Waals surface area contributed by atoms with Crippen molar-refractivity contribution in [3.05, 3.63) is 23.3 Å². The molecule has 19 heavy (non-hydrogen) atoms. The topological polar surface area (TPSA) is 43.4 Å². The Morgan fingerprint density at radius 3 is 2.32 bits per heavy atom. The van der Waals surface area contributed by atoms with Crippen LogP contribution in [0.4, 0.5) is 0 Å². The zero-order chi connectivity index (χ0) is 14.3. The first-order valence-electron chi connectivity index (χ1n) is 7.13. The monoisotopic (exact) mass is 264 g/mol. The van der Waals surface area contributed by atoms with E-state index in [0.717, 1.165) is 31.3 Å². The number of Topliss-reactive ketones (excluding diaryl/α,β-unsaturated/α-hetero) is 1. The summed E-state index contributed by atoms with van der Waals surface area (Å²) in [6, 6.07) is 0. The van der Waals surface area contributed by atoms with Crippen molar-refractivity contribution in [3.8, 4) is 0 Å². The van der Waals surface area contributed by atoms with E-state index in [2.05, 4.69) is 6.58 Å². The molecule has 1 saturated carbocycles. The summed E-state index contributed by atoms with van der Waals surface area (Å²) in [4.78, 5) is 23.0. The Morgan fingerprint density at radius 2 is 1.79 bits per heavy atom. The standard InChI is InChI=1S/C16H24O3/c1-4-19-16(18)13(3)15(11-10-12(2)17)14-8-6-5-7-9-14/h3-11H2,1-2H3. The summed E-state index contributed by atoms with van der Waals surface area (Å²) < 4.78 is 5.02. The average Bonchev–Trinajstić information content (AvgIpc) is 2.40. The molecule has 0 atom stereocenters. The maximum absolute atomic E-state index is 11.8. The Balaban J connectivity index is 2.87. The average molecular weight is 264 g/mol. The van der Waals surface area contributed by atoms with Crippen molar-refractivity contribution in [2.24, 2.45) is 0 Å². The van der Waals surface area contributed by atoms with Crippen molar-refractivity contribution < 1.29 is 14.3 Å². The lowest BCUT2D eigenvalue weighted by atomic mass is 9.86. The molecule has 0 N–H and O–H groups in total. The Hall–Kier alpha value is -1.38. The van der Waals surface area contributed by atoms with Gasteiger partial charge >= 0.3 is 5.97 Å². The first kappa shape index (κ1) is 15.7. The molecule has 3 nitrogen and oxygen atoms in total. The lowest BCUT2D eigenvalue weighted by Crippen LogP contribution is -2.12. The van der Waals surface area contributed by atoms with Gasteiger partial charge in [-0.3, -0.25) is 0 Å². The Kier molecular flexibility index (Phi) is 6.54. The second-order valence-corrected chi connectivity index (χ2v) is 5.04. The van der Waals surface area contributed by atoms with Crippen LogP contribution in [-0.4, -0.2) is 18.4 Å². The highest BCUT2D eigenvalue weighted by Crippen LogP contribution is 2.31. The van der Waals surface area contributed by atoms with E-state index in [4.69, 9.17) is 4.74 Å². The molecular formula is C16H24O3. The summed E-state index contributed by atoms with van der Waals surface area (Å²) in [5.74, 6) is -0.204. The number of carbonyl (C=O) groups excluding carboxylic acids is 2. The normalized spacial score (nSPS) is 14.9. The van der Waals surface area contributed by atoms with Crippen LogP contribution in [0.15, 0.2) is 23.3 Å². The van der Waals surface area contributed by atoms with Gasteiger partial charge in [-0.2, -0.15) is 0 Å². The summed E-state index contributed by atoms with van der Waals surface area (Å²) in [5, 5.41) is 0. The van der Waals surface area contributed by atoms with E-state index in [1.165, 1.54) is 12.0 Å². The third kappa shape index (κ3) is 5.01. The molecule has 3 heteroatoms. The summed E-state index contributed by atoms with van der Waals surface area (Å²) >= 11 is 0. The van der Waals surface area contributed by atoms with Gasteiger partial charge in [-0.05, 0) is 51.5 Å². The van der Waals surface area contributed by atoms with Crippen LogP contribution in [0.3, 0.4) is 0 Å². The van der Waals surface area contributed by atoms with Crippen LogP contribution in [0.1, 0.15) is 58.8 Å². The van der Waals surface area contributed by atoms with Crippen LogP contribution in [-0.2, 0) is 14.3 Å². The van der Waals surface area contributed by atoms with Crippen molar-refractivity contribution in [3.63, 3.8) is 0 Å². The second kappa shape index (κ2) is 7.93. The molecule has 1 aliphatic rings. The number of hydrogen-bond acceptors (Lipinski definition) is 3. The molecule has 106 valence electrons. The minimum atomic E-state index is -0.348. The van der Waals surface area contributed by atoms with Gasteiger partial charge in [0.15, 0.2) is 0 Å². The molecule has 1 aliphatic carbocycles. The van der Waals surface area contributed by atoms with Gasteiger partial charge < -0.3 is 9.53 Å². The van der Waals surface area contributed by atoms with Crippen molar-refractivity contribution in [2.75, 3.05) is 6.61 Å². The molecule has 0 bridgehead atoms. The maximum atomic E-state index is 11.8. The van der Waals surface area contributed by atoms with Gasteiger partial charge in [0, 0.05) is 6.42 Å². The quantitative estimate of drug-likeness (QED) is 0.542. The lowest BCUT2D eigenvalue weighted by Gasteiger charge is -2.20. The van der Waals surface area contributed by atoms with Crippen LogP contribution in [0, 0.1) is 0 Å². The highest BCUT2D eigenvalue weighted by molar-refractivity contribution is 5.93. The fourth-order valence-electron chi connectivity index (χ4n) is 2.46. The summed E-state index contributed by atoms with van der Waals surface area (Å²) in [5.41, 5.74) is 2.71. The molecule has 0 radical (unpaired) electrons. The van der Waals surface area contributed by atoms with Gasteiger partial charge in [-0.15, -0.1) is 0 Å². The number of hydrogen-bond donors (Lipinski definition) is 0. The minimum absolute atomic E-state index is 0.144. The maximum Gasteiger partial charge on any atom is 0.337 e. The van der Waals surface area contributed by atoms with Crippen LogP contribution in [0.2, 0.25) is 0 Å². The fourth-order valence-corrected chi connectivity index (χ4v) is 2.46. The molecule has 0 aliphatic heterocycles. The van der Waals surface area contributed by atoms with Crippen LogP contribution < -0.4 is 0 Å². The van der Waals surface area contributed by atoms with Crippen LogP contribution >= 0.6 is 0 Å². The number of carbonyl (C=O) groups is 2. The summed E-state index contributed by atoms with van der Waals surface area (Å²) in [6.45, 7) is 7.60. The minimum Gasteiger partial charge on any atom is -0.462 e. The lowest BCUT2D eigenvalue weighted by molar-refractivity contribution is -0.138. The Morgan fingerprint density at radius 1 is 1.16 bits per heavy atom. The molecule has 1 rings (SSSR count). The highest BCUT2D eigenvalue weighted by atomic mass is 16.5. The first-order chi connectivity index (χ1) is 9.06. The fraction of sp³-hybridized carbons (Fsp3) is 0.625. The second-order valence-electron chi connectivity index (χ2n) is 5.04. The SMILES string of the molecule is C=C(C(=O)OCC)C(CCC(C)=O)=C1CCCCC1. The molecule has 1 fully saturated rings. The molecular weight excluding hydrogens is 240 g/mol. The zero-order valence-electron chi connectivity index (χ0n) is 12.1. The van der Waals surface area contributed by atoms with Crippen LogP contribution in [0.5, 0.6) is 0 Å². The van der Waals surface area contributed by atoms with Gasteiger partial charge in [-0.1, -0.05) is 18.6 Å². The Labute approximate surface area is 115 Å². The summed E-state index contributed by atoms with van der Waals surface area (Å²) in [6.07, 6.45) is 6.69. The molecule has 0 heterocycles. The molecule has 0 amide bonds. The third-order valence-corrected chi connectivity index (χ3v) is 3.50. The van der Waals surface area contributed by atoms with Gasteiger partial charge in [0.2, 0.25) is 0 Å². The number of ketones is 1. The first-order valence-corrected chi connectivity index (χ1v) is 7.13. The number of rotatable bonds is 6. The van der Waals surface area contributed by atoms with Gasteiger partial charge in [0.05, 0.1) is 12.2 Å².